The van der Waals surface area contributed by atoms with Crippen LogP contribution in [0.1, 0.15) is 61.4 Å². The minimum absolute atomic E-state index is 0.310. The van der Waals surface area contributed by atoms with Crippen LogP contribution in [0.25, 0.3) is 10.9 Å². The Morgan fingerprint density at radius 3 is 2.59 bits per heavy atom. The summed E-state index contributed by atoms with van der Waals surface area (Å²) in [6.07, 6.45) is 8.03. The van der Waals surface area contributed by atoms with Gasteiger partial charge in [0.05, 0.1) is 35.3 Å². The average molecular weight is 556 g/mol. The highest BCUT2D eigenvalue weighted by Crippen LogP contribution is 2.52. The van der Waals surface area contributed by atoms with Crippen molar-refractivity contribution in [2.75, 3.05) is 23.1 Å². The number of nitrogens with one attached hydrogen (secondary N) is 2. The van der Waals surface area contributed by atoms with Crippen molar-refractivity contribution in [1.29, 1.82) is 0 Å². The Morgan fingerprint density at radius 1 is 1.13 bits per heavy atom. The molecule has 1 saturated heterocycles. The molecule has 5 rings (SSSR count). The second-order valence-corrected chi connectivity index (χ2v) is 12.9. The molecule has 2 aliphatic rings. The number of amides is 1. The van der Waals surface area contributed by atoms with E-state index < -0.39 is 22.9 Å². The molecule has 9 nitrogen and oxygen atoms in total. The number of aliphatic hydroxyl groups is 1. The SMILES string of the molecule is CCn1ncc2c(N3CCCS3(O)O)cc(C(=O)N[C@@H](Cc3ccccc3)[C@H](O)CNC3CCCCC3)cc21. The van der Waals surface area contributed by atoms with E-state index in [1.165, 1.54) is 19.3 Å². The lowest BCUT2D eigenvalue weighted by Gasteiger charge is -2.38. The Labute approximate surface area is 232 Å². The fraction of sp³-hybridized carbons (Fsp3) is 0.517. The highest BCUT2D eigenvalue weighted by molar-refractivity contribution is 8.25. The monoisotopic (exact) mass is 555 g/mol. The number of aryl methyl sites for hydroxylation is 1. The highest BCUT2D eigenvalue weighted by Gasteiger charge is 2.32. The molecule has 2 aromatic carbocycles. The van der Waals surface area contributed by atoms with Crippen LogP contribution in [0.5, 0.6) is 0 Å². The lowest BCUT2D eigenvalue weighted by atomic mass is 9.95. The lowest BCUT2D eigenvalue weighted by molar-refractivity contribution is 0.0821. The summed E-state index contributed by atoms with van der Waals surface area (Å²) in [5.41, 5.74) is 2.81. The first-order chi connectivity index (χ1) is 18.9. The normalized spacial score (nSPS) is 20.2. The number of hydrogen-bond donors (Lipinski definition) is 5. The van der Waals surface area contributed by atoms with E-state index >= 15 is 0 Å². The zero-order valence-electron chi connectivity index (χ0n) is 22.6. The average Bonchev–Trinajstić information content (AvgIpc) is 3.53. The largest absolute Gasteiger partial charge is 0.390 e. The van der Waals surface area contributed by atoms with Crippen molar-refractivity contribution in [2.45, 2.75) is 76.6 Å². The van der Waals surface area contributed by atoms with E-state index in [4.69, 9.17) is 0 Å². The smallest absolute Gasteiger partial charge is 0.251 e. The number of rotatable bonds is 10. The van der Waals surface area contributed by atoms with E-state index in [9.17, 15) is 19.0 Å². The second-order valence-electron chi connectivity index (χ2n) is 10.8. The Morgan fingerprint density at radius 2 is 1.90 bits per heavy atom. The van der Waals surface area contributed by atoms with Crippen molar-refractivity contribution in [3.05, 3.63) is 59.8 Å². The minimum atomic E-state index is -2.95. The van der Waals surface area contributed by atoms with Crippen LogP contribution in [0.2, 0.25) is 0 Å². The number of nitrogens with zero attached hydrogens (tertiary/aromatic N) is 3. The van der Waals surface area contributed by atoms with Crippen LogP contribution in [-0.4, -0.2) is 66.9 Å². The maximum atomic E-state index is 13.7. The van der Waals surface area contributed by atoms with E-state index in [-0.39, 0.29) is 5.91 Å². The molecular weight excluding hydrogens is 514 g/mol. The zero-order chi connectivity index (χ0) is 27.4. The molecule has 2 atom stereocenters. The molecule has 10 heteroatoms. The fourth-order valence-electron chi connectivity index (χ4n) is 5.82. The molecule has 212 valence electrons. The Kier molecular flexibility index (Phi) is 8.78. The molecule has 0 radical (unpaired) electrons. The van der Waals surface area contributed by atoms with Gasteiger partial charge in [-0.25, -0.2) is 0 Å². The summed E-state index contributed by atoms with van der Waals surface area (Å²) in [6, 6.07) is 13.3. The summed E-state index contributed by atoms with van der Waals surface area (Å²) in [5.74, 6) is 0.00179. The maximum absolute atomic E-state index is 13.7. The standard InChI is InChI=1S/C29H41N5O4S/c1-2-33-26-17-22(18-27(24(26)19-31-33)34-14-9-15-39(34,37)38)29(36)32-25(16-21-10-5-3-6-11-21)28(35)20-30-23-12-7-4-8-13-23/h3,5-6,10-11,17-19,23,25,28,30,35,37-38H,2,4,7-9,12-16,20H2,1H3,(H,32,36)/t25-,28+/m0/s1. The van der Waals surface area contributed by atoms with Crippen molar-refractivity contribution in [3.63, 3.8) is 0 Å². The molecule has 1 aromatic heterocycles. The van der Waals surface area contributed by atoms with Crippen LogP contribution in [-0.2, 0) is 13.0 Å². The molecule has 0 spiro atoms. The Bertz CT molecular complexity index is 1260. The van der Waals surface area contributed by atoms with Crippen LogP contribution in [0.3, 0.4) is 0 Å². The second kappa shape index (κ2) is 12.3. The number of carbonyl (C=O) groups is 1. The third kappa shape index (κ3) is 6.41. The molecule has 1 saturated carbocycles. The predicted molar refractivity (Wildman–Crippen MR) is 157 cm³/mol. The van der Waals surface area contributed by atoms with E-state index in [1.807, 2.05) is 41.9 Å². The zero-order valence-corrected chi connectivity index (χ0v) is 23.4. The van der Waals surface area contributed by atoms with Gasteiger partial charge in [0.1, 0.15) is 0 Å². The van der Waals surface area contributed by atoms with Crippen molar-refractivity contribution in [1.82, 2.24) is 20.4 Å². The quantitative estimate of drug-likeness (QED) is 0.249. The van der Waals surface area contributed by atoms with Crippen LogP contribution >= 0.6 is 10.8 Å². The number of hydrogen-bond acceptors (Lipinski definition) is 7. The van der Waals surface area contributed by atoms with E-state index in [0.29, 0.717) is 55.5 Å². The topological polar surface area (TPSA) is 123 Å². The number of carbonyl (C=O) groups excluding carboxylic acids is 1. The van der Waals surface area contributed by atoms with Crippen molar-refractivity contribution in [3.8, 4) is 0 Å². The molecule has 3 aromatic rings. The lowest BCUT2D eigenvalue weighted by Crippen LogP contribution is -2.50. The highest BCUT2D eigenvalue weighted by atomic mass is 32.3. The van der Waals surface area contributed by atoms with E-state index in [1.54, 1.807) is 22.6 Å². The molecule has 1 aliphatic carbocycles. The predicted octanol–water partition coefficient (Wildman–Crippen LogP) is 4.56. The molecule has 0 bridgehead atoms. The summed E-state index contributed by atoms with van der Waals surface area (Å²) in [4.78, 5) is 13.7. The molecule has 0 unspecified atom stereocenters. The molecule has 39 heavy (non-hydrogen) atoms. The summed E-state index contributed by atoms with van der Waals surface area (Å²) >= 11 is 0. The first kappa shape index (κ1) is 27.9. The molecule has 2 heterocycles. The Hall–Kier alpha value is -2.63. The number of fused-ring (bicyclic) bond motifs is 1. The van der Waals surface area contributed by atoms with Gasteiger partial charge in [-0.2, -0.15) is 5.10 Å². The van der Waals surface area contributed by atoms with Gasteiger partial charge in [-0.05, 0) is 50.3 Å². The van der Waals surface area contributed by atoms with Gasteiger partial charge in [0.2, 0.25) is 0 Å². The van der Waals surface area contributed by atoms with E-state index in [2.05, 4.69) is 15.7 Å². The van der Waals surface area contributed by atoms with Gasteiger partial charge in [-0.3, -0.25) is 22.9 Å². The van der Waals surface area contributed by atoms with Crippen molar-refractivity contribution >= 4 is 33.3 Å². The maximum Gasteiger partial charge on any atom is 0.251 e. The van der Waals surface area contributed by atoms with Gasteiger partial charge < -0.3 is 15.7 Å². The first-order valence-electron chi connectivity index (χ1n) is 14.1. The fourth-order valence-corrected chi connectivity index (χ4v) is 7.45. The van der Waals surface area contributed by atoms with Crippen molar-refractivity contribution < 1.29 is 19.0 Å². The first-order valence-corrected chi connectivity index (χ1v) is 15.8. The van der Waals surface area contributed by atoms with Gasteiger partial charge in [-0.1, -0.05) is 49.6 Å². The third-order valence-corrected chi connectivity index (χ3v) is 9.93. The number of aromatic nitrogens is 2. The number of anilines is 1. The van der Waals surface area contributed by atoms with Gasteiger partial charge in [0.25, 0.3) is 5.91 Å². The van der Waals surface area contributed by atoms with Crippen LogP contribution in [0.4, 0.5) is 5.69 Å². The van der Waals surface area contributed by atoms with E-state index in [0.717, 1.165) is 29.3 Å². The van der Waals surface area contributed by atoms with Crippen LogP contribution < -0.4 is 14.9 Å². The third-order valence-electron chi connectivity index (χ3n) is 8.00. The van der Waals surface area contributed by atoms with Gasteiger partial charge in [0, 0.05) is 36.6 Å². The number of aliphatic hydroxyl groups excluding tert-OH is 1. The van der Waals surface area contributed by atoms with Crippen LogP contribution in [0.15, 0.2) is 48.7 Å². The summed E-state index contributed by atoms with van der Waals surface area (Å²) in [7, 11) is -2.95. The van der Waals surface area contributed by atoms with Gasteiger partial charge in [-0.15, -0.1) is 10.8 Å². The molecule has 2 fully saturated rings. The molecule has 5 N–H and O–H groups in total. The van der Waals surface area contributed by atoms with Crippen LogP contribution in [0, 0.1) is 0 Å². The van der Waals surface area contributed by atoms with Crippen molar-refractivity contribution in [2.24, 2.45) is 0 Å². The molecule has 1 aliphatic heterocycles. The van der Waals surface area contributed by atoms with Gasteiger partial charge >= 0.3 is 0 Å². The minimum Gasteiger partial charge on any atom is -0.390 e. The molecular formula is C29H41N5O4S. The summed E-state index contributed by atoms with van der Waals surface area (Å²) in [6.45, 7) is 3.51. The van der Waals surface area contributed by atoms with Gasteiger partial charge in [0.15, 0.2) is 0 Å². The summed E-state index contributed by atoms with van der Waals surface area (Å²) < 4.78 is 24.8. The summed E-state index contributed by atoms with van der Waals surface area (Å²) in [5, 5.41) is 23.1. The molecule has 1 amide bonds. The number of benzene rings is 2. The Balaban J connectivity index is 1.41.